The Hall–Kier alpha value is -1.88. The second-order valence-electron chi connectivity index (χ2n) is 2.08. The fourth-order valence-corrected chi connectivity index (χ4v) is 1.28. The summed E-state index contributed by atoms with van der Waals surface area (Å²) in [5, 5.41) is 23.4. The Kier molecular flexibility index (Phi) is 3.19. The average molecular weight is 211 g/mol. The van der Waals surface area contributed by atoms with Crippen molar-refractivity contribution in [1.29, 1.82) is 5.26 Å². The standard InChI is InChI=1S/C6H5N5O2S/c1-8-5-4(11(12)13)6(14-2-7)10-3-9-5/h3H,1H3,(H,8,9,10). The normalized spacial score (nSPS) is 9.14. The number of thioether (sulfide) groups is 1. The highest BCUT2D eigenvalue weighted by atomic mass is 32.2. The van der Waals surface area contributed by atoms with Gasteiger partial charge < -0.3 is 5.32 Å². The van der Waals surface area contributed by atoms with Gasteiger partial charge in [-0.1, -0.05) is 0 Å². The molecule has 0 saturated heterocycles. The molecular formula is C6H5N5O2S. The largest absolute Gasteiger partial charge is 0.367 e. The van der Waals surface area contributed by atoms with Gasteiger partial charge in [-0.15, -0.1) is 0 Å². The zero-order valence-electron chi connectivity index (χ0n) is 7.09. The van der Waals surface area contributed by atoms with Gasteiger partial charge in [-0.3, -0.25) is 10.1 Å². The van der Waals surface area contributed by atoms with Crippen LogP contribution in [-0.4, -0.2) is 21.9 Å². The van der Waals surface area contributed by atoms with Gasteiger partial charge in [0, 0.05) is 18.8 Å². The predicted octanol–water partition coefficient (Wildman–Crippen LogP) is 1.000. The van der Waals surface area contributed by atoms with E-state index in [9.17, 15) is 10.1 Å². The lowest BCUT2D eigenvalue weighted by Gasteiger charge is -2.01. The molecule has 1 aromatic heterocycles. The molecule has 0 bridgehead atoms. The van der Waals surface area contributed by atoms with Crippen LogP contribution in [0.15, 0.2) is 11.4 Å². The number of hydrogen-bond donors (Lipinski definition) is 1. The fourth-order valence-electron chi connectivity index (χ4n) is 0.828. The quantitative estimate of drug-likeness (QED) is 0.261. The maximum Gasteiger partial charge on any atom is 0.344 e. The molecule has 0 aliphatic carbocycles. The van der Waals surface area contributed by atoms with Crippen LogP contribution in [0.3, 0.4) is 0 Å². The van der Waals surface area contributed by atoms with Gasteiger partial charge in [0.1, 0.15) is 11.7 Å². The molecular weight excluding hydrogens is 206 g/mol. The van der Waals surface area contributed by atoms with Crippen molar-refractivity contribution in [3.63, 3.8) is 0 Å². The van der Waals surface area contributed by atoms with E-state index in [4.69, 9.17) is 5.26 Å². The molecule has 0 radical (unpaired) electrons. The summed E-state index contributed by atoms with van der Waals surface area (Å²) in [4.78, 5) is 17.3. The van der Waals surface area contributed by atoms with Gasteiger partial charge in [0.2, 0.25) is 5.82 Å². The van der Waals surface area contributed by atoms with Crippen molar-refractivity contribution >= 4 is 23.3 Å². The summed E-state index contributed by atoms with van der Waals surface area (Å²) in [7, 11) is 1.51. The van der Waals surface area contributed by atoms with Gasteiger partial charge in [-0.2, -0.15) is 5.26 Å². The molecule has 0 unspecified atom stereocenters. The number of anilines is 1. The molecule has 0 spiro atoms. The number of hydrogen-bond acceptors (Lipinski definition) is 7. The number of aromatic nitrogens is 2. The first-order valence-corrected chi connectivity index (χ1v) is 4.25. The highest BCUT2D eigenvalue weighted by Gasteiger charge is 2.22. The van der Waals surface area contributed by atoms with Crippen LogP contribution in [0.1, 0.15) is 0 Å². The first kappa shape index (κ1) is 10.2. The summed E-state index contributed by atoms with van der Waals surface area (Å²) < 4.78 is 0. The van der Waals surface area contributed by atoms with E-state index in [1.54, 1.807) is 5.40 Å². The molecule has 0 amide bonds. The molecule has 1 rings (SSSR count). The molecule has 1 heterocycles. The molecule has 1 aromatic rings. The lowest BCUT2D eigenvalue weighted by Crippen LogP contribution is -2.01. The van der Waals surface area contributed by atoms with Crippen LogP contribution < -0.4 is 5.32 Å². The highest BCUT2D eigenvalue weighted by Crippen LogP contribution is 2.30. The summed E-state index contributed by atoms with van der Waals surface area (Å²) in [6, 6.07) is 0. The van der Waals surface area contributed by atoms with Gasteiger partial charge in [0.05, 0.1) is 4.92 Å². The van der Waals surface area contributed by atoms with Crippen molar-refractivity contribution in [3.8, 4) is 5.40 Å². The summed E-state index contributed by atoms with van der Waals surface area (Å²) in [5.74, 6) is 0.0998. The van der Waals surface area contributed by atoms with Crippen LogP contribution in [0.25, 0.3) is 0 Å². The van der Waals surface area contributed by atoms with Gasteiger partial charge in [0.15, 0.2) is 5.03 Å². The van der Waals surface area contributed by atoms with E-state index in [1.165, 1.54) is 13.4 Å². The molecule has 0 atom stereocenters. The van der Waals surface area contributed by atoms with Gasteiger partial charge in [-0.05, 0) is 0 Å². The maximum atomic E-state index is 10.6. The Balaban J connectivity index is 3.29. The topological polar surface area (TPSA) is 105 Å². The van der Waals surface area contributed by atoms with E-state index in [0.29, 0.717) is 11.8 Å². The van der Waals surface area contributed by atoms with E-state index in [1.807, 2.05) is 0 Å². The summed E-state index contributed by atoms with van der Waals surface area (Å²) >= 11 is 0.633. The second-order valence-corrected chi connectivity index (χ2v) is 2.85. The minimum absolute atomic E-state index is 0.0388. The van der Waals surface area contributed by atoms with Crippen LogP contribution in [-0.2, 0) is 0 Å². The molecule has 8 heteroatoms. The first-order valence-electron chi connectivity index (χ1n) is 3.43. The van der Waals surface area contributed by atoms with Crippen LogP contribution in [0, 0.1) is 20.8 Å². The van der Waals surface area contributed by atoms with Gasteiger partial charge in [0.25, 0.3) is 0 Å². The minimum Gasteiger partial charge on any atom is -0.367 e. The molecule has 1 N–H and O–H groups in total. The SMILES string of the molecule is CNc1ncnc(SC#N)c1[N+](=O)[O-]. The van der Waals surface area contributed by atoms with Crippen molar-refractivity contribution in [2.75, 3.05) is 12.4 Å². The summed E-state index contributed by atoms with van der Waals surface area (Å²) in [6.07, 6.45) is 1.17. The first-order chi connectivity index (χ1) is 6.70. The number of nitro groups is 1. The fraction of sp³-hybridized carbons (Fsp3) is 0.167. The zero-order valence-corrected chi connectivity index (χ0v) is 7.91. The van der Waals surface area contributed by atoms with Crippen molar-refractivity contribution in [3.05, 3.63) is 16.4 Å². The predicted molar refractivity (Wildman–Crippen MR) is 49.7 cm³/mol. The van der Waals surface area contributed by atoms with E-state index in [2.05, 4.69) is 15.3 Å². The molecule has 72 valence electrons. The Morgan fingerprint density at radius 3 is 2.93 bits per heavy atom. The van der Waals surface area contributed by atoms with Crippen molar-refractivity contribution in [1.82, 2.24) is 9.97 Å². The van der Waals surface area contributed by atoms with Crippen molar-refractivity contribution in [2.24, 2.45) is 0 Å². The molecule has 0 saturated carbocycles. The van der Waals surface area contributed by atoms with Crippen LogP contribution in [0.2, 0.25) is 0 Å². The van der Waals surface area contributed by atoms with Crippen molar-refractivity contribution < 1.29 is 4.92 Å². The smallest absolute Gasteiger partial charge is 0.344 e. The Morgan fingerprint density at radius 1 is 1.71 bits per heavy atom. The van der Waals surface area contributed by atoms with E-state index in [-0.39, 0.29) is 16.5 Å². The number of nitrogens with one attached hydrogen (secondary N) is 1. The Morgan fingerprint density at radius 2 is 2.43 bits per heavy atom. The molecule has 7 nitrogen and oxygen atoms in total. The third-order valence-corrected chi connectivity index (χ3v) is 1.93. The molecule has 0 aliphatic rings. The third kappa shape index (κ3) is 1.89. The van der Waals surface area contributed by atoms with Gasteiger partial charge >= 0.3 is 5.69 Å². The lowest BCUT2D eigenvalue weighted by molar-refractivity contribution is -0.387. The molecule has 0 aromatic carbocycles. The third-order valence-electron chi connectivity index (χ3n) is 1.35. The van der Waals surface area contributed by atoms with E-state index >= 15 is 0 Å². The van der Waals surface area contributed by atoms with E-state index in [0.717, 1.165) is 0 Å². The highest BCUT2D eigenvalue weighted by molar-refractivity contribution is 8.03. The average Bonchev–Trinajstić information content (AvgIpc) is 2.17. The Bertz CT molecular complexity index is 402. The number of nitriles is 1. The van der Waals surface area contributed by atoms with Crippen LogP contribution in [0.5, 0.6) is 0 Å². The minimum atomic E-state index is -0.620. The molecule has 0 aliphatic heterocycles. The number of nitrogens with zero attached hydrogens (tertiary/aromatic N) is 4. The van der Waals surface area contributed by atoms with Crippen LogP contribution >= 0.6 is 11.8 Å². The number of rotatable bonds is 3. The maximum absolute atomic E-state index is 10.6. The zero-order chi connectivity index (χ0) is 10.6. The summed E-state index contributed by atoms with van der Waals surface area (Å²) in [6.45, 7) is 0. The Labute approximate surface area is 83.3 Å². The monoisotopic (exact) mass is 211 g/mol. The van der Waals surface area contributed by atoms with Crippen molar-refractivity contribution in [2.45, 2.75) is 5.03 Å². The second kappa shape index (κ2) is 4.38. The van der Waals surface area contributed by atoms with Gasteiger partial charge in [-0.25, -0.2) is 9.97 Å². The van der Waals surface area contributed by atoms with Crippen LogP contribution in [0.4, 0.5) is 11.5 Å². The van der Waals surface area contributed by atoms with E-state index < -0.39 is 4.92 Å². The lowest BCUT2D eigenvalue weighted by atomic mass is 10.5. The summed E-state index contributed by atoms with van der Waals surface area (Å²) in [5.41, 5.74) is -0.276. The number of thiocyanates is 1. The molecule has 14 heavy (non-hydrogen) atoms. The molecule has 0 fully saturated rings.